The molecule has 0 spiro atoms. The molecule has 0 unspecified atom stereocenters. The van der Waals surface area contributed by atoms with Crippen LogP contribution in [-0.4, -0.2) is 16.5 Å². The van der Waals surface area contributed by atoms with Crippen LogP contribution < -0.4 is 10.1 Å². The molecule has 0 radical (unpaired) electrons. The SMILES string of the molecule is CC(C)CNCc1cnc(Oc2cccc(F)c2)nc1. The minimum Gasteiger partial charge on any atom is -0.424 e. The summed E-state index contributed by atoms with van der Waals surface area (Å²) >= 11 is 0. The lowest BCUT2D eigenvalue weighted by Gasteiger charge is -2.07. The van der Waals surface area contributed by atoms with Crippen LogP contribution in [0.5, 0.6) is 11.8 Å². The molecule has 1 aromatic heterocycles. The monoisotopic (exact) mass is 275 g/mol. The summed E-state index contributed by atoms with van der Waals surface area (Å²) in [7, 11) is 0. The zero-order valence-corrected chi connectivity index (χ0v) is 11.6. The van der Waals surface area contributed by atoms with Gasteiger partial charge in [-0.25, -0.2) is 14.4 Å². The summed E-state index contributed by atoms with van der Waals surface area (Å²) < 4.78 is 18.4. The van der Waals surface area contributed by atoms with Crippen molar-refractivity contribution in [2.75, 3.05) is 6.54 Å². The van der Waals surface area contributed by atoms with Gasteiger partial charge in [0.05, 0.1) is 0 Å². The first-order valence-corrected chi connectivity index (χ1v) is 6.58. The lowest BCUT2D eigenvalue weighted by atomic mass is 10.2. The zero-order valence-electron chi connectivity index (χ0n) is 11.6. The minimum atomic E-state index is -0.350. The summed E-state index contributed by atoms with van der Waals surface area (Å²) in [6.45, 7) is 5.97. The summed E-state index contributed by atoms with van der Waals surface area (Å²) in [5, 5.41) is 3.31. The van der Waals surface area contributed by atoms with Gasteiger partial charge in [-0.1, -0.05) is 19.9 Å². The predicted molar refractivity (Wildman–Crippen MR) is 75.1 cm³/mol. The second-order valence-corrected chi connectivity index (χ2v) is 4.96. The van der Waals surface area contributed by atoms with Crippen LogP contribution in [0.4, 0.5) is 4.39 Å². The number of hydrogen-bond donors (Lipinski definition) is 1. The number of hydrogen-bond acceptors (Lipinski definition) is 4. The van der Waals surface area contributed by atoms with Crippen LogP contribution >= 0.6 is 0 Å². The Balaban J connectivity index is 1.91. The Hall–Kier alpha value is -2.01. The standard InChI is InChI=1S/C15H18FN3O/c1-11(2)7-17-8-12-9-18-15(19-10-12)20-14-5-3-4-13(16)6-14/h3-6,9-11,17H,7-8H2,1-2H3. The third-order valence-corrected chi connectivity index (χ3v) is 2.57. The summed E-state index contributed by atoms with van der Waals surface area (Å²) in [5.41, 5.74) is 0.984. The van der Waals surface area contributed by atoms with E-state index in [1.807, 2.05) is 0 Å². The molecule has 5 heteroatoms. The highest BCUT2D eigenvalue weighted by molar-refractivity contribution is 5.25. The maximum Gasteiger partial charge on any atom is 0.321 e. The van der Waals surface area contributed by atoms with Gasteiger partial charge in [-0.05, 0) is 24.6 Å². The molecule has 0 aliphatic carbocycles. The highest BCUT2D eigenvalue weighted by Crippen LogP contribution is 2.17. The van der Waals surface area contributed by atoms with E-state index < -0.39 is 0 Å². The van der Waals surface area contributed by atoms with E-state index in [0.717, 1.165) is 18.7 Å². The summed E-state index contributed by atoms with van der Waals surface area (Å²) in [6.07, 6.45) is 3.41. The van der Waals surface area contributed by atoms with Gasteiger partial charge in [-0.2, -0.15) is 0 Å². The fourth-order valence-corrected chi connectivity index (χ4v) is 1.63. The fourth-order valence-electron chi connectivity index (χ4n) is 1.63. The van der Waals surface area contributed by atoms with E-state index in [9.17, 15) is 4.39 Å². The molecule has 0 amide bonds. The number of nitrogens with zero attached hydrogens (tertiary/aromatic N) is 2. The van der Waals surface area contributed by atoms with Crippen molar-refractivity contribution in [1.29, 1.82) is 0 Å². The van der Waals surface area contributed by atoms with Gasteiger partial charge in [-0.15, -0.1) is 0 Å². The van der Waals surface area contributed by atoms with E-state index in [4.69, 9.17) is 4.74 Å². The van der Waals surface area contributed by atoms with Crippen LogP contribution in [0.2, 0.25) is 0 Å². The first kappa shape index (κ1) is 14.4. The van der Waals surface area contributed by atoms with Gasteiger partial charge in [0.25, 0.3) is 0 Å². The van der Waals surface area contributed by atoms with Crippen molar-refractivity contribution in [3.63, 3.8) is 0 Å². The molecule has 1 heterocycles. The smallest absolute Gasteiger partial charge is 0.321 e. The van der Waals surface area contributed by atoms with E-state index in [1.165, 1.54) is 12.1 Å². The quantitative estimate of drug-likeness (QED) is 0.879. The Labute approximate surface area is 118 Å². The van der Waals surface area contributed by atoms with Crippen molar-refractivity contribution >= 4 is 0 Å². The molecule has 2 aromatic rings. The first-order chi connectivity index (χ1) is 9.63. The summed E-state index contributed by atoms with van der Waals surface area (Å²) in [5.74, 6) is 0.638. The van der Waals surface area contributed by atoms with Gasteiger partial charge in [-0.3, -0.25) is 0 Å². The number of ether oxygens (including phenoxy) is 1. The third kappa shape index (κ3) is 4.59. The third-order valence-electron chi connectivity index (χ3n) is 2.57. The van der Waals surface area contributed by atoms with Gasteiger partial charge in [0.2, 0.25) is 0 Å². The van der Waals surface area contributed by atoms with E-state index in [2.05, 4.69) is 29.1 Å². The largest absolute Gasteiger partial charge is 0.424 e. The Morgan fingerprint density at radius 1 is 1.25 bits per heavy atom. The normalized spacial score (nSPS) is 10.8. The van der Waals surface area contributed by atoms with Crippen LogP contribution in [0, 0.1) is 11.7 Å². The van der Waals surface area contributed by atoms with Crippen molar-refractivity contribution in [2.45, 2.75) is 20.4 Å². The average molecular weight is 275 g/mol. The minimum absolute atomic E-state index is 0.211. The van der Waals surface area contributed by atoms with E-state index in [-0.39, 0.29) is 11.8 Å². The molecule has 0 fully saturated rings. The maximum absolute atomic E-state index is 13.0. The topological polar surface area (TPSA) is 47.0 Å². The van der Waals surface area contributed by atoms with Crippen molar-refractivity contribution in [1.82, 2.24) is 15.3 Å². The molecule has 0 atom stereocenters. The van der Waals surface area contributed by atoms with E-state index >= 15 is 0 Å². The summed E-state index contributed by atoms with van der Waals surface area (Å²) in [4.78, 5) is 8.21. The lowest BCUT2D eigenvalue weighted by molar-refractivity contribution is 0.436. The molecule has 0 bridgehead atoms. The molecule has 1 aromatic carbocycles. The Kier molecular flexibility index (Phi) is 5.01. The first-order valence-electron chi connectivity index (χ1n) is 6.58. The highest BCUT2D eigenvalue weighted by atomic mass is 19.1. The Morgan fingerprint density at radius 3 is 2.65 bits per heavy atom. The molecule has 106 valence electrons. The lowest BCUT2D eigenvalue weighted by Crippen LogP contribution is -2.19. The zero-order chi connectivity index (χ0) is 14.4. The molecule has 4 nitrogen and oxygen atoms in total. The molecule has 1 N–H and O–H groups in total. The van der Waals surface area contributed by atoms with Gasteiger partial charge < -0.3 is 10.1 Å². The molecular weight excluding hydrogens is 257 g/mol. The maximum atomic E-state index is 13.0. The molecule has 0 aliphatic rings. The number of halogens is 1. The molecule has 0 aliphatic heterocycles. The molecular formula is C15H18FN3O. The van der Waals surface area contributed by atoms with Crippen LogP contribution in [0.25, 0.3) is 0 Å². The predicted octanol–water partition coefficient (Wildman–Crippen LogP) is 3.15. The fraction of sp³-hybridized carbons (Fsp3) is 0.333. The summed E-state index contributed by atoms with van der Waals surface area (Å²) in [6, 6.07) is 6.10. The van der Waals surface area contributed by atoms with Crippen molar-refractivity contribution in [3.8, 4) is 11.8 Å². The molecule has 2 rings (SSSR count). The molecule has 20 heavy (non-hydrogen) atoms. The average Bonchev–Trinajstić information content (AvgIpc) is 2.40. The highest BCUT2D eigenvalue weighted by Gasteiger charge is 2.02. The van der Waals surface area contributed by atoms with E-state index in [0.29, 0.717) is 11.7 Å². The number of benzene rings is 1. The van der Waals surface area contributed by atoms with Crippen molar-refractivity contribution < 1.29 is 9.13 Å². The second kappa shape index (κ2) is 6.96. The molecule has 0 saturated carbocycles. The Morgan fingerprint density at radius 2 is 2.00 bits per heavy atom. The van der Waals surface area contributed by atoms with Crippen LogP contribution in [0.1, 0.15) is 19.4 Å². The number of rotatable bonds is 6. The van der Waals surface area contributed by atoms with Crippen molar-refractivity contribution in [3.05, 3.63) is 48.0 Å². The van der Waals surface area contributed by atoms with Gasteiger partial charge in [0.1, 0.15) is 11.6 Å². The van der Waals surface area contributed by atoms with E-state index in [1.54, 1.807) is 24.5 Å². The van der Waals surface area contributed by atoms with Crippen LogP contribution in [0.3, 0.4) is 0 Å². The second-order valence-electron chi connectivity index (χ2n) is 4.96. The number of nitrogens with one attached hydrogen (secondary N) is 1. The van der Waals surface area contributed by atoms with Crippen LogP contribution in [-0.2, 0) is 6.54 Å². The molecule has 0 saturated heterocycles. The number of aromatic nitrogens is 2. The van der Waals surface area contributed by atoms with Crippen molar-refractivity contribution in [2.24, 2.45) is 5.92 Å². The van der Waals surface area contributed by atoms with Gasteiger partial charge in [0, 0.05) is 30.6 Å². The van der Waals surface area contributed by atoms with Gasteiger partial charge in [0.15, 0.2) is 0 Å². The van der Waals surface area contributed by atoms with Gasteiger partial charge >= 0.3 is 6.01 Å². The Bertz CT molecular complexity index is 543. The van der Waals surface area contributed by atoms with Crippen LogP contribution in [0.15, 0.2) is 36.7 Å².